The van der Waals surface area contributed by atoms with Crippen LogP contribution in [0.2, 0.25) is 25.1 Å². The van der Waals surface area contributed by atoms with Crippen LogP contribution >= 0.6 is 106 Å². The number of rotatable bonds is 17. The lowest BCUT2D eigenvalue weighted by Crippen LogP contribution is -2.48. The van der Waals surface area contributed by atoms with E-state index in [0.717, 1.165) is 59.2 Å². The number of aliphatic carboxylic acids is 1. The van der Waals surface area contributed by atoms with Crippen LogP contribution in [-0.4, -0.2) is 110 Å². The highest BCUT2D eigenvalue weighted by molar-refractivity contribution is 9.11. The van der Waals surface area contributed by atoms with Crippen molar-refractivity contribution >= 4 is 129 Å². The smallest absolute Gasteiger partial charge is 0.308 e. The van der Waals surface area contributed by atoms with Gasteiger partial charge in [0, 0.05) is 98.4 Å². The van der Waals surface area contributed by atoms with Gasteiger partial charge in [-0.25, -0.2) is 19.9 Å². The maximum Gasteiger partial charge on any atom is 0.308 e. The van der Waals surface area contributed by atoms with Gasteiger partial charge in [0.05, 0.1) is 60.5 Å². The van der Waals surface area contributed by atoms with E-state index in [1.165, 1.54) is 12.1 Å². The number of hydrogen-bond donors (Lipinski definition) is 4. The van der Waals surface area contributed by atoms with Crippen LogP contribution in [0.1, 0.15) is 57.6 Å². The topological polar surface area (TPSA) is 218 Å². The second-order valence-corrected chi connectivity index (χ2v) is 26.5. The Morgan fingerprint density at radius 1 is 0.573 bits per heavy atom. The second-order valence-electron chi connectivity index (χ2n) is 22.0. The molecule has 4 fully saturated rings. The Hall–Kier alpha value is -7.02. The molecule has 96 heavy (non-hydrogen) atoms. The molecule has 1 saturated carbocycles. The Morgan fingerprint density at radius 3 is 1.51 bits per heavy atom. The van der Waals surface area contributed by atoms with Crippen molar-refractivity contribution in [1.29, 1.82) is 0 Å². The fourth-order valence-corrected chi connectivity index (χ4v) is 11.9. The van der Waals surface area contributed by atoms with Crippen LogP contribution in [0, 0.1) is 11.8 Å². The predicted octanol–water partition coefficient (Wildman–Crippen LogP) is 17.9. The number of carbonyl (C=O) groups is 2. The molecule has 4 aromatic carbocycles. The molecule has 504 valence electrons. The molecule has 13 rings (SSSR count). The average Bonchev–Trinajstić information content (AvgIpc) is 1.64. The summed E-state index contributed by atoms with van der Waals surface area (Å²) < 4.78 is 25.2. The van der Waals surface area contributed by atoms with Gasteiger partial charge in [0.15, 0.2) is 0 Å². The van der Waals surface area contributed by atoms with E-state index in [2.05, 4.69) is 87.8 Å². The van der Waals surface area contributed by atoms with Gasteiger partial charge in [-0.2, -0.15) is 0 Å². The number of nitrogens with zero attached hydrogens (tertiary/aromatic N) is 7. The molecule has 3 aliphatic heterocycles. The van der Waals surface area contributed by atoms with Crippen molar-refractivity contribution in [2.45, 2.75) is 64.2 Å². The molecule has 18 nitrogen and oxygen atoms in total. The summed E-state index contributed by atoms with van der Waals surface area (Å²) in [6.07, 6.45) is 11.7. The largest absolute Gasteiger partial charge is 0.489 e. The summed E-state index contributed by atoms with van der Waals surface area (Å²) in [4.78, 5) is 60.3. The highest BCUT2D eigenvalue weighted by Gasteiger charge is 2.35. The van der Waals surface area contributed by atoms with Crippen molar-refractivity contribution in [1.82, 2.24) is 35.1 Å². The third kappa shape index (κ3) is 23.3. The zero-order chi connectivity index (χ0) is 67.2. The van der Waals surface area contributed by atoms with Gasteiger partial charge in [-0.1, -0.05) is 95.8 Å². The van der Waals surface area contributed by atoms with Crippen LogP contribution in [0.15, 0.2) is 201 Å². The van der Waals surface area contributed by atoms with Gasteiger partial charge < -0.3 is 54.2 Å². The minimum atomic E-state index is -0.908. The number of halogens is 8. The van der Waals surface area contributed by atoms with E-state index in [9.17, 15) is 19.5 Å². The van der Waals surface area contributed by atoms with Crippen molar-refractivity contribution in [3.05, 3.63) is 237 Å². The number of hydrogen-bond acceptors (Lipinski definition) is 15. The number of aliphatic hydroxyl groups excluding tert-OH is 1. The first-order chi connectivity index (χ1) is 45.9. The summed E-state index contributed by atoms with van der Waals surface area (Å²) in [6.45, 7) is 4.82. The van der Waals surface area contributed by atoms with E-state index in [-0.39, 0.29) is 36.8 Å². The number of carboxylic acid groups (broad SMARTS) is 1. The van der Waals surface area contributed by atoms with Crippen LogP contribution in [-0.2, 0) is 9.59 Å². The van der Waals surface area contributed by atoms with Crippen LogP contribution in [0.25, 0.3) is 0 Å². The van der Waals surface area contributed by atoms with Gasteiger partial charge in [0.25, 0.3) is 0 Å². The standard InChI is InChI=1S/C32H36Cl2N4O4.C16H15ClN2O3.C11H7BrClNO.C5H3BrClNO.C5H4BrN.CH4/c33-25-10-9-24(42-30-5-1-2-13-35-30)18-28(25)38-16-12-22(19-38)32(40)36-27(20-37-14-3-4-15-37)31(39)21-6-11-29(26(34)17-21)41-23-7-8-23;17-13-5-4-12(22-15-3-1-2-7-18-15)9-14(13)19-8-6-11(10-19)16(20)21;12-9-7-8(4-5-10(9)13)15-11-3-1-2-6-14-11;6-5-3(7)1-2-4(9)8-5;6-5-3-1-2-4-7-5;/h1-2,5-6,9-11,13,17-18,22-23,27,31,39H,3-4,7-8,12,14-16,19-20H2,(H,36,40);1-5,7,9,11H,6,8,10H2,(H,20,21);1-7H;1-2H,(H,8,9);1-4H;1H4/t22-,27-,31-;11-;;;;/m11..../s1. The summed E-state index contributed by atoms with van der Waals surface area (Å²) in [5.74, 6) is 2.71. The highest BCUT2D eigenvalue weighted by Crippen LogP contribution is 2.39. The number of H-pyrrole nitrogens is 1. The summed E-state index contributed by atoms with van der Waals surface area (Å²) in [5, 5.41) is 26.6. The number of nitrogens with one attached hydrogen (secondary N) is 2. The van der Waals surface area contributed by atoms with Crippen molar-refractivity contribution in [3.8, 4) is 40.6 Å². The van der Waals surface area contributed by atoms with Crippen molar-refractivity contribution < 1.29 is 38.7 Å². The van der Waals surface area contributed by atoms with Crippen LogP contribution in [0.5, 0.6) is 40.6 Å². The van der Waals surface area contributed by atoms with E-state index in [1.54, 1.807) is 85.5 Å². The molecule has 0 bridgehead atoms. The average molecular weight is 1600 g/mol. The number of aromatic amines is 1. The van der Waals surface area contributed by atoms with E-state index in [1.807, 2.05) is 89.8 Å². The van der Waals surface area contributed by atoms with E-state index < -0.39 is 18.1 Å². The molecule has 0 unspecified atom stereocenters. The first-order valence-electron chi connectivity index (χ1n) is 30.2. The molecule has 0 spiro atoms. The predicted molar refractivity (Wildman–Crippen MR) is 389 cm³/mol. The molecule has 3 saturated heterocycles. The molecule has 1 aliphatic carbocycles. The van der Waals surface area contributed by atoms with Crippen molar-refractivity contribution in [2.75, 3.05) is 55.6 Å². The van der Waals surface area contributed by atoms with E-state index >= 15 is 0 Å². The number of aliphatic hydroxyl groups is 1. The van der Waals surface area contributed by atoms with Crippen LogP contribution in [0.3, 0.4) is 0 Å². The zero-order valence-electron chi connectivity index (χ0n) is 50.8. The SMILES string of the molecule is Brc1ccccn1.C.Clc1ccc(Oc2ccccn2)cc1Br.O=C(N[C@H](CN1CCCC1)[C@H](O)c1ccc(OC2CC2)c(Cl)c1)[C@@H]1CCN(c2cc(Oc3ccccn3)ccc2Cl)C1.O=C(O)[C@@H]1CCN(c2cc(Oc3ccccn3)ccc2Cl)C1.O=c1ccc(Cl)c(Br)[nH]1. The van der Waals surface area contributed by atoms with Gasteiger partial charge in [-0.05, 0) is 196 Å². The second kappa shape index (κ2) is 37.6. The zero-order valence-corrected chi connectivity index (χ0v) is 59.3. The molecule has 1 amide bonds. The number of pyridine rings is 5. The Balaban J connectivity index is 0.000000180. The lowest BCUT2D eigenvalue weighted by molar-refractivity contribution is -0.141. The Bertz CT molecular complexity index is 4010. The monoisotopic (exact) mass is 1590 g/mol. The fraction of sp³-hybridized carbons (Fsp3) is 0.271. The maximum absolute atomic E-state index is 13.6. The van der Waals surface area contributed by atoms with E-state index in [4.69, 9.17) is 82.1 Å². The quantitative estimate of drug-likeness (QED) is 0.0623. The molecule has 4 atom stereocenters. The normalized spacial score (nSPS) is 16.0. The van der Waals surface area contributed by atoms with Crippen molar-refractivity contribution in [2.24, 2.45) is 11.8 Å². The molecule has 5 aromatic heterocycles. The van der Waals surface area contributed by atoms with Gasteiger partial charge in [0.1, 0.15) is 38.3 Å². The first-order valence-corrected chi connectivity index (χ1v) is 34.5. The minimum absolute atomic E-state index is 0. The summed E-state index contributed by atoms with van der Waals surface area (Å²) in [6, 6.07) is 46.2. The summed E-state index contributed by atoms with van der Waals surface area (Å²) in [5.41, 5.74) is 2.11. The molecule has 9 aromatic rings. The number of carbonyl (C=O) groups excluding carboxylic acids is 1. The highest BCUT2D eigenvalue weighted by atomic mass is 79.9. The summed E-state index contributed by atoms with van der Waals surface area (Å²) in [7, 11) is 0. The fourth-order valence-electron chi connectivity index (χ4n) is 10.0. The molecule has 4 N–H and O–H groups in total. The number of anilines is 2. The Kier molecular flexibility index (Phi) is 29.3. The number of ether oxygens (including phenoxy) is 4. The molecule has 4 aliphatic rings. The van der Waals surface area contributed by atoms with Crippen molar-refractivity contribution in [3.63, 3.8) is 0 Å². The number of carboxylic acids is 1. The molecular formula is C70H69Br3Cl5N9O9. The number of benzene rings is 4. The number of likely N-dealkylation sites (tertiary alicyclic amines) is 1. The first kappa shape index (κ1) is 74.8. The third-order valence-corrected chi connectivity index (χ3v) is 18.8. The van der Waals surface area contributed by atoms with Crippen LogP contribution < -0.4 is 39.6 Å². The number of aromatic nitrogens is 5. The molecule has 26 heteroatoms. The van der Waals surface area contributed by atoms with Crippen LogP contribution in [0.4, 0.5) is 11.4 Å². The minimum Gasteiger partial charge on any atom is -0.489 e. The summed E-state index contributed by atoms with van der Waals surface area (Å²) >= 11 is 40.4. The molecular weight excluding hydrogens is 1530 g/mol. The van der Waals surface area contributed by atoms with E-state index in [0.29, 0.717) is 121 Å². The third-order valence-electron chi connectivity index (χ3n) is 15.0. The molecule has 0 radical (unpaired) electrons. The number of amides is 1. The van der Waals surface area contributed by atoms with Gasteiger partial charge in [-0.15, -0.1) is 0 Å². The lowest BCUT2D eigenvalue weighted by Gasteiger charge is -2.30. The lowest BCUT2D eigenvalue weighted by atomic mass is 10.00. The van der Waals surface area contributed by atoms with Gasteiger partial charge >= 0.3 is 5.97 Å². The maximum atomic E-state index is 13.6. The Labute approximate surface area is 607 Å². The van der Waals surface area contributed by atoms with Gasteiger partial charge in [-0.3, -0.25) is 14.4 Å². The molecule has 8 heterocycles. The van der Waals surface area contributed by atoms with Gasteiger partial charge in [0.2, 0.25) is 29.1 Å². The Morgan fingerprint density at radius 2 is 1.07 bits per heavy atom.